The lowest BCUT2D eigenvalue weighted by Gasteiger charge is -2.16. The van der Waals surface area contributed by atoms with Crippen molar-refractivity contribution in [2.45, 2.75) is 18.6 Å². The zero-order chi connectivity index (χ0) is 20.2. The van der Waals surface area contributed by atoms with E-state index in [0.717, 1.165) is 24.3 Å². The standard InChI is InChI=1S/C18H15ClF3NO4/c1-27-15-7-2-10(8-13(15)19)9-14(17(25)26)23-16(24)11-3-5-12(6-4-11)18(20,21)22/h2-8,14H,9H2,1H3,(H,23,24)(H,25,26)/t14-/m1/s1. The largest absolute Gasteiger partial charge is 0.495 e. The average Bonchev–Trinajstić information content (AvgIpc) is 2.60. The van der Waals surface area contributed by atoms with Crippen LogP contribution in [0.4, 0.5) is 13.2 Å². The van der Waals surface area contributed by atoms with Gasteiger partial charge in [0, 0.05) is 12.0 Å². The predicted octanol–water partition coefficient (Wildman–Crippen LogP) is 3.79. The zero-order valence-corrected chi connectivity index (χ0v) is 14.8. The molecule has 2 aromatic rings. The highest BCUT2D eigenvalue weighted by Crippen LogP contribution is 2.29. The third-order valence-electron chi connectivity index (χ3n) is 3.73. The van der Waals surface area contributed by atoms with Crippen molar-refractivity contribution in [1.29, 1.82) is 0 Å². The fourth-order valence-corrected chi connectivity index (χ4v) is 2.61. The molecule has 0 aliphatic carbocycles. The van der Waals surface area contributed by atoms with Crippen LogP contribution in [0.25, 0.3) is 0 Å². The molecule has 0 aliphatic heterocycles. The summed E-state index contributed by atoms with van der Waals surface area (Å²) in [7, 11) is 1.44. The topological polar surface area (TPSA) is 75.6 Å². The maximum absolute atomic E-state index is 12.6. The minimum absolute atomic E-state index is 0.0641. The number of ether oxygens (including phenoxy) is 1. The molecule has 0 unspecified atom stereocenters. The third kappa shape index (κ3) is 5.37. The van der Waals surface area contributed by atoms with Crippen LogP contribution >= 0.6 is 11.6 Å². The monoisotopic (exact) mass is 401 g/mol. The molecule has 2 aromatic carbocycles. The lowest BCUT2D eigenvalue weighted by Crippen LogP contribution is -2.42. The van der Waals surface area contributed by atoms with Crippen molar-refractivity contribution in [3.8, 4) is 5.75 Å². The van der Waals surface area contributed by atoms with Crippen LogP contribution in [0.1, 0.15) is 21.5 Å². The Hall–Kier alpha value is -2.74. The van der Waals surface area contributed by atoms with E-state index in [1.165, 1.54) is 13.2 Å². The summed E-state index contributed by atoms with van der Waals surface area (Å²) in [5, 5.41) is 11.9. The van der Waals surface area contributed by atoms with E-state index >= 15 is 0 Å². The molecule has 27 heavy (non-hydrogen) atoms. The quantitative estimate of drug-likeness (QED) is 0.772. The molecule has 0 radical (unpaired) electrons. The van der Waals surface area contributed by atoms with Gasteiger partial charge in [-0.2, -0.15) is 13.2 Å². The molecule has 1 atom stereocenters. The van der Waals surface area contributed by atoms with E-state index in [9.17, 15) is 27.9 Å². The van der Waals surface area contributed by atoms with Crippen molar-refractivity contribution in [2.24, 2.45) is 0 Å². The summed E-state index contributed by atoms with van der Waals surface area (Å²) in [6, 6.07) is 6.88. The first-order chi connectivity index (χ1) is 12.6. The number of carboxylic acids is 1. The number of amides is 1. The molecule has 0 saturated heterocycles. The Balaban J connectivity index is 2.12. The summed E-state index contributed by atoms with van der Waals surface area (Å²) in [6.45, 7) is 0. The van der Waals surface area contributed by atoms with E-state index in [1.807, 2.05) is 0 Å². The molecule has 2 N–H and O–H groups in total. The number of rotatable bonds is 6. The van der Waals surface area contributed by atoms with Crippen molar-refractivity contribution in [2.75, 3.05) is 7.11 Å². The lowest BCUT2D eigenvalue weighted by molar-refractivity contribution is -0.139. The second kappa shape index (κ2) is 8.30. The normalized spacial score (nSPS) is 12.3. The summed E-state index contributed by atoms with van der Waals surface area (Å²) < 4.78 is 42.7. The van der Waals surface area contributed by atoms with Gasteiger partial charge in [-0.3, -0.25) is 4.79 Å². The Morgan fingerprint density at radius 3 is 2.30 bits per heavy atom. The molecule has 0 heterocycles. The van der Waals surface area contributed by atoms with Crippen LogP contribution in [0.2, 0.25) is 5.02 Å². The molecule has 144 valence electrons. The Morgan fingerprint density at radius 1 is 1.19 bits per heavy atom. The number of nitrogens with one attached hydrogen (secondary N) is 1. The summed E-state index contributed by atoms with van der Waals surface area (Å²) in [5.41, 5.74) is -0.440. The Morgan fingerprint density at radius 2 is 1.81 bits per heavy atom. The van der Waals surface area contributed by atoms with Gasteiger partial charge in [0.05, 0.1) is 17.7 Å². The maximum atomic E-state index is 12.6. The number of methoxy groups -OCH3 is 1. The number of halogens is 4. The Bertz CT molecular complexity index is 837. The predicted molar refractivity (Wildman–Crippen MR) is 92.0 cm³/mol. The number of hydrogen-bond donors (Lipinski definition) is 2. The van der Waals surface area contributed by atoms with Crippen molar-refractivity contribution in [1.82, 2.24) is 5.32 Å². The molecule has 0 fully saturated rings. The molecule has 0 aliphatic rings. The van der Waals surface area contributed by atoms with Crippen molar-refractivity contribution >= 4 is 23.5 Å². The van der Waals surface area contributed by atoms with Gasteiger partial charge in [0.25, 0.3) is 5.91 Å². The number of carboxylic acid groups (broad SMARTS) is 1. The maximum Gasteiger partial charge on any atom is 0.416 e. The van der Waals surface area contributed by atoms with E-state index in [4.69, 9.17) is 16.3 Å². The van der Waals surface area contributed by atoms with Crippen molar-refractivity contribution in [3.05, 3.63) is 64.2 Å². The third-order valence-corrected chi connectivity index (χ3v) is 4.03. The number of hydrogen-bond acceptors (Lipinski definition) is 3. The molecule has 5 nitrogen and oxygen atoms in total. The van der Waals surface area contributed by atoms with Crippen LogP contribution in [-0.4, -0.2) is 30.1 Å². The van der Waals surface area contributed by atoms with Gasteiger partial charge in [-0.05, 0) is 42.0 Å². The molecule has 0 aromatic heterocycles. The van der Waals surface area contributed by atoms with Gasteiger partial charge in [0.15, 0.2) is 0 Å². The van der Waals surface area contributed by atoms with E-state index in [0.29, 0.717) is 11.3 Å². The first kappa shape index (κ1) is 20.6. The van der Waals surface area contributed by atoms with Gasteiger partial charge >= 0.3 is 12.1 Å². The second-order valence-electron chi connectivity index (χ2n) is 5.61. The highest BCUT2D eigenvalue weighted by atomic mass is 35.5. The van der Waals surface area contributed by atoms with Crippen LogP contribution in [0.5, 0.6) is 5.75 Å². The number of alkyl halides is 3. The number of aliphatic carboxylic acids is 1. The smallest absolute Gasteiger partial charge is 0.416 e. The van der Waals surface area contributed by atoms with E-state index < -0.39 is 29.7 Å². The van der Waals surface area contributed by atoms with E-state index in [-0.39, 0.29) is 17.0 Å². The van der Waals surface area contributed by atoms with Gasteiger partial charge in [-0.25, -0.2) is 4.79 Å². The van der Waals surface area contributed by atoms with E-state index in [1.54, 1.807) is 12.1 Å². The average molecular weight is 402 g/mol. The summed E-state index contributed by atoms with van der Waals surface area (Å²) in [4.78, 5) is 23.6. The van der Waals surface area contributed by atoms with Gasteiger partial charge in [-0.15, -0.1) is 0 Å². The number of carbonyl (C=O) groups excluding carboxylic acids is 1. The highest BCUT2D eigenvalue weighted by Gasteiger charge is 2.30. The summed E-state index contributed by atoms with van der Waals surface area (Å²) in [5.74, 6) is -1.67. The number of benzene rings is 2. The molecule has 0 spiro atoms. The molecular formula is C18H15ClF3NO4. The lowest BCUT2D eigenvalue weighted by atomic mass is 10.0. The van der Waals surface area contributed by atoms with Crippen LogP contribution < -0.4 is 10.1 Å². The van der Waals surface area contributed by atoms with Crippen molar-refractivity contribution < 1.29 is 32.6 Å². The molecule has 1 amide bonds. The molecule has 9 heteroatoms. The second-order valence-corrected chi connectivity index (χ2v) is 6.02. The van der Waals surface area contributed by atoms with Crippen LogP contribution in [0.15, 0.2) is 42.5 Å². The van der Waals surface area contributed by atoms with Gasteiger partial charge in [-0.1, -0.05) is 17.7 Å². The Labute approximate surface area is 157 Å². The van der Waals surface area contributed by atoms with Gasteiger partial charge in [0.1, 0.15) is 11.8 Å². The minimum Gasteiger partial charge on any atom is -0.495 e. The number of carbonyl (C=O) groups is 2. The minimum atomic E-state index is -4.52. The first-order valence-corrected chi connectivity index (χ1v) is 8.03. The molecule has 0 saturated carbocycles. The Kier molecular flexibility index (Phi) is 6.32. The highest BCUT2D eigenvalue weighted by molar-refractivity contribution is 6.32. The molecule has 2 rings (SSSR count). The molecular weight excluding hydrogens is 387 g/mol. The first-order valence-electron chi connectivity index (χ1n) is 7.65. The van der Waals surface area contributed by atoms with Crippen LogP contribution in [0.3, 0.4) is 0 Å². The zero-order valence-electron chi connectivity index (χ0n) is 14.0. The van der Waals surface area contributed by atoms with Gasteiger partial charge < -0.3 is 15.2 Å². The van der Waals surface area contributed by atoms with Crippen molar-refractivity contribution in [3.63, 3.8) is 0 Å². The van der Waals surface area contributed by atoms with Gasteiger partial charge in [0.2, 0.25) is 0 Å². The van der Waals surface area contributed by atoms with E-state index in [2.05, 4.69) is 5.32 Å². The fourth-order valence-electron chi connectivity index (χ4n) is 2.32. The SMILES string of the molecule is COc1ccc(C[C@@H](NC(=O)c2ccc(C(F)(F)F)cc2)C(=O)O)cc1Cl. The summed E-state index contributed by atoms with van der Waals surface area (Å²) >= 11 is 5.99. The fraction of sp³-hybridized carbons (Fsp3) is 0.222. The summed E-state index contributed by atoms with van der Waals surface area (Å²) in [6.07, 6.45) is -4.59. The molecule has 0 bridgehead atoms. The van der Waals surface area contributed by atoms with Crippen LogP contribution in [0, 0.1) is 0 Å². The van der Waals surface area contributed by atoms with Crippen LogP contribution in [-0.2, 0) is 17.4 Å².